The first kappa shape index (κ1) is 13.4. The smallest absolute Gasteiger partial charge is 0.227 e. The molecule has 0 aromatic heterocycles. The largest absolute Gasteiger partial charge is 0.355 e. The Morgan fingerprint density at radius 2 is 2.19 bits per heavy atom. The maximum Gasteiger partial charge on any atom is 0.227 e. The van der Waals surface area contributed by atoms with E-state index in [2.05, 4.69) is 10.6 Å². The van der Waals surface area contributed by atoms with Crippen LogP contribution in [0.5, 0.6) is 0 Å². The SMILES string of the molecule is CCC1(C(=O)NCCS(C)(=O)=O)CCNC1. The number of carbonyl (C=O) groups is 1. The second-order valence-corrected chi connectivity index (χ2v) is 6.71. The Hall–Kier alpha value is -0.620. The molecule has 1 unspecified atom stereocenters. The molecule has 0 saturated carbocycles. The lowest BCUT2D eigenvalue weighted by Crippen LogP contribution is -2.43. The Kier molecular flexibility index (Phi) is 4.32. The highest BCUT2D eigenvalue weighted by Gasteiger charge is 2.39. The molecule has 0 spiro atoms. The van der Waals surface area contributed by atoms with Crippen molar-refractivity contribution in [2.75, 3.05) is 31.6 Å². The van der Waals surface area contributed by atoms with E-state index in [9.17, 15) is 13.2 Å². The van der Waals surface area contributed by atoms with Gasteiger partial charge in [0, 0.05) is 19.3 Å². The average Bonchev–Trinajstić information content (AvgIpc) is 2.65. The number of nitrogens with one attached hydrogen (secondary N) is 2. The number of sulfone groups is 1. The van der Waals surface area contributed by atoms with Crippen molar-refractivity contribution >= 4 is 15.7 Å². The van der Waals surface area contributed by atoms with Crippen molar-refractivity contribution in [3.05, 3.63) is 0 Å². The maximum absolute atomic E-state index is 11.9. The molecule has 6 heteroatoms. The number of amides is 1. The van der Waals surface area contributed by atoms with Crippen molar-refractivity contribution < 1.29 is 13.2 Å². The summed E-state index contributed by atoms with van der Waals surface area (Å²) < 4.78 is 21.8. The van der Waals surface area contributed by atoms with E-state index in [0.29, 0.717) is 6.54 Å². The molecule has 0 bridgehead atoms. The van der Waals surface area contributed by atoms with Crippen molar-refractivity contribution in [1.29, 1.82) is 0 Å². The fourth-order valence-electron chi connectivity index (χ4n) is 1.94. The highest BCUT2D eigenvalue weighted by atomic mass is 32.2. The molecule has 2 N–H and O–H groups in total. The molecule has 1 aliphatic heterocycles. The van der Waals surface area contributed by atoms with Gasteiger partial charge in [0.15, 0.2) is 0 Å². The van der Waals surface area contributed by atoms with Gasteiger partial charge in [0.2, 0.25) is 5.91 Å². The third-order valence-corrected chi connectivity index (χ3v) is 4.11. The highest BCUT2D eigenvalue weighted by molar-refractivity contribution is 7.90. The summed E-state index contributed by atoms with van der Waals surface area (Å²) in [4.78, 5) is 11.9. The van der Waals surface area contributed by atoms with Gasteiger partial charge in [-0.05, 0) is 19.4 Å². The number of hydrogen-bond acceptors (Lipinski definition) is 4. The third kappa shape index (κ3) is 3.45. The van der Waals surface area contributed by atoms with E-state index in [0.717, 1.165) is 19.4 Å². The second-order valence-electron chi connectivity index (χ2n) is 4.45. The van der Waals surface area contributed by atoms with Gasteiger partial charge in [0.05, 0.1) is 11.2 Å². The van der Waals surface area contributed by atoms with Gasteiger partial charge in [-0.2, -0.15) is 0 Å². The van der Waals surface area contributed by atoms with Crippen LogP contribution in [0.3, 0.4) is 0 Å². The van der Waals surface area contributed by atoms with Gasteiger partial charge < -0.3 is 10.6 Å². The summed E-state index contributed by atoms with van der Waals surface area (Å²) in [5.41, 5.74) is -0.336. The molecule has 94 valence electrons. The van der Waals surface area contributed by atoms with E-state index in [1.165, 1.54) is 6.26 Å². The van der Waals surface area contributed by atoms with E-state index < -0.39 is 9.84 Å². The fourth-order valence-corrected chi connectivity index (χ4v) is 2.41. The van der Waals surface area contributed by atoms with Crippen LogP contribution >= 0.6 is 0 Å². The molecule has 5 nitrogen and oxygen atoms in total. The Labute approximate surface area is 96.9 Å². The fraction of sp³-hybridized carbons (Fsp3) is 0.900. The predicted octanol–water partition coefficient (Wildman–Crippen LogP) is -0.463. The molecular weight excluding hydrogens is 228 g/mol. The van der Waals surface area contributed by atoms with Crippen molar-refractivity contribution in [1.82, 2.24) is 10.6 Å². The van der Waals surface area contributed by atoms with Crippen molar-refractivity contribution in [3.63, 3.8) is 0 Å². The Balaban J connectivity index is 2.45. The summed E-state index contributed by atoms with van der Waals surface area (Å²) in [6, 6.07) is 0. The minimum atomic E-state index is -3.00. The summed E-state index contributed by atoms with van der Waals surface area (Å²) in [6.07, 6.45) is 2.78. The van der Waals surface area contributed by atoms with Crippen LogP contribution in [0.15, 0.2) is 0 Å². The highest BCUT2D eigenvalue weighted by Crippen LogP contribution is 2.29. The van der Waals surface area contributed by atoms with E-state index in [4.69, 9.17) is 0 Å². The zero-order chi connectivity index (χ0) is 12.2. The first-order chi connectivity index (χ1) is 7.40. The number of hydrogen-bond donors (Lipinski definition) is 2. The zero-order valence-electron chi connectivity index (χ0n) is 9.88. The van der Waals surface area contributed by atoms with Crippen molar-refractivity contribution in [2.45, 2.75) is 19.8 Å². The van der Waals surface area contributed by atoms with Crippen LogP contribution in [0.2, 0.25) is 0 Å². The molecule has 0 radical (unpaired) electrons. The lowest BCUT2D eigenvalue weighted by molar-refractivity contribution is -0.130. The summed E-state index contributed by atoms with van der Waals surface area (Å²) in [7, 11) is -3.00. The topological polar surface area (TPSA) is 75.3 Å². The lowest BCUT2D eigenvalue weighted by Gasteiger charge is -2.25. The molecule has 1 amide bonds. The second kappa shape index (κ2) is 5.14. The molecule has 1 heterocycles. The van der Waals surface area contributed by atoms with Gasteiger partial charge >= 0.3 is 0 Å². The molecule has 0 aromatic carbocycles. The van der Waals surface area contributed by atoms with Crippen LogP contribution in [0.25, 0.3) is 0 Å². The van der Waals surface area contributed by atoms with E-state index in [1.807, 2.05) is 6.92 Å². The molecule has 0 aromatic rings. The quantitative estimate of drug-likeness (QED) is 0.690. The van der Waals surface area contributed by atoms with E-state index in [1.54, 1.807) is 0 Å². The minimum Gasteiger partial charge on any atom is -0.355 e. The average molecular weight is 248 g/mol. The van der Waals surface area contributed by atoms with Gasteiger partial charge in [-0.15, -0.1) is 0 Å². The van der Waals surface area contributed by atoms with E-state index >= 15 is 0 Å². The minimum absolute atomic E-state index is 0.00592. The van der Waals surface area contributed by atoms with Crippen molar-refractivity contribution in [3.8, 4) is 0 Å². The summed E-state index contributed by atoms with van der Waals surface area (Å²) >= 11 is 0. The third-order valence-electron chi connectivity index (χ3n) is 3.16. The summed E-state index contributed by atoms with van der Waals surface area (Å²) in [6.45, 7) is 3.74. The first-order valence-corrected chi connectivity index (χ1v) is 7.62. The molecule has 1 atom stereocenters. The van der Waals surface area contributed by atoms with Gasteiger partial charge in [0.1, 0.15) is 9.84 Å². The van der Waals surface area contributed by atoms with E-state index in [-0.39, 0.29) is 23.6 Å². The van der Waals surface area contributed by atoms with Crippen molar-refractivity contribution in [2.24, 2.45) is 5.41 Å². The molecule has 1 saturated heterocycles. The molecule has 1 fully saturated rings. The van der Waals surface area contributed by atoms with Gasteiger partial charge in [-0.3, -0.25) is 4.79 Å². The summed E-state index contributed by atoms with van der Waals surface area (Å²) in [5, 5.41) is 5.89. The van der Waals surface area contributed by atoms with Crippen LogP contribution in [-0.2, 0) is 14.6 Å². The van der Waals surface area contributed by atoms with Crippen LogP contribution in [0.1, 0.15) is 19.8 Å². The Bertz CT molecular complexity index is 345. The standard InChI is InChI=1S/C10H20N2O3S/c1-3-10(4-5-11-8-10)9(13)12-6-7-16(2,14)15/h11H,3-8H2,1-2H3,(H,12,13). The predicted molar refractivity (Wildman–Crippen MR) is 62.9 cm³/mol. The van der Waals surface area contributed by atoms with Crippen LogP contribution in [0, 0.1) is 5.41 Å². The lowest BCUT2D eigenvalue weighted by atomic mass is 9.83. The number of carbonyl (C=O) groups excluding carboxylic acids is 1. The molecule has 1 rings (SSSR count). The van der Waals surface area contributed by atoms with Crippen LogP contribution < -0.4 is 10.6 Å². The maximum atomic E-state index is 11.9. The normalized spacial score (nSPS) is 25.6. The molecule has 16 heavy (non-hydrogen) atoms. The molecular formula is C10H20N2O3S. The Morgan fingerprint density at radius 1 is 1.50 bits per heavy atom. The molecule has 1 aliphatic rings. The van der Waals surface area contributed by atoms with Gasteiger partial charge in [0.25, 0.3) is 0 Å². The summed E-state index contributed by atoms with van der Waals surface area (Å²) in [5.74, 6) is -0.0185. The Morgan fingerprint density at radius 3 is 2.62 bits per heavy atom. The first-order valence-electron chi connectivity index (χ1n) is 5.56. The monoisotopic (exact) mass is 248 g/mol. The zero-order valence-corrected chi connectivity index (χ0v) is 10.7. The van der Waals surface area contributed by atoms with Gasteiger partial charge in [-0.25, -0.2) is 8.42 Å². The van der Waals surface area contributed by atoms with Crippen LogP contribution in [0.4, 0.5) is 0 Å². The number of rotatable bonds is 5. The van der Waals surface area contributed by atoms with Crippen LogP contribution in [-0.4, -0.2) is 46.0 Å². The molecule has 0 aliphatic carbocycles. The van der Waals surface area contributed by atoms with Gasteiger partial charge in [-0.1, -0.05) is 6.92 Å².